The standard InChI is InChI=1S/C23H28BrN3O2.ClH/c24-17-4-6-18(7-5-17)25-9-11-26(12-10-25)19-13-16-14-22(28)29-23(16)15-20(19)27-8-2-1-3-21(23)27;/h4-7,14,19-21H,1-3,8-13,15H2;1H/t19?,20-,21+,23-;/m0./s1. The van der Waals surface area contributed by atoms with Crippen LogP contribution in [-0.2, 0) is 9.53 Å². The van der Waals surface area contributed by atoms with Crippen molar-refractivity contribution in [3.63, 3.8) is 0 Å². The SMILES string of the molecule is Cl.O=C1C=C2CC(N3CCN(c4ccc(Br)cc4)CC3)[C@@H]3C[C@@]2(O1)[C@H]1CCCCN31. The number of piperidine rings is 1. The van der Waals surface area contributed by atoms with Gasteiger partial charge in [0.1, 0.15) is 0 Å². The van der Waals surface area contributed by atoms with Crippen LogP contribution < -0.4 is 4.90 Å². The maximum absolute atomic E-state index is 12.2. The maximum atomic E-state index is 12.2. The first-order chi connectivity index (χ1) is 14.1. The molecule has 0 radical (unpaired) electrons. The minimum absolute atomic E-state index is 0. The molecule has 4 fully saturated rings. The average Bonchev–Trinajstić information content (AvgIpc) is 3.23. The Morgan fingerprint density at radius 2 is 1.77 bits per heavy atom. The molecule has 1 unspecified atom stereocenters. The van der Waals surface area contributed by atoms with Crippen LogP contribution in [0.4, 0.5) is 5.69 Å². The van der Waals surface area contributed by atoms with E-state index in [1.54, 1.807) is 0 Å². The van der Waals surface area contributed by atoms with E-state index in [4.69, 9.17) is 4.74 Å². The van der Waals surface area contributed by atoms with Gasteiger partial charge >= 0.3 is 5.97 Å². The van der Waals surface area contributed by atoms with Crippen molar-refractivity contribution in [1.29, 1.82) is 0 Å². The third-order valence-corrected chi connectivity index (χ3v) is 8.52. The van der Waals surface area contributed by atoms with Gasteiger partial charge in [-0.3, -0.25) is 9.80 Å². The lowest BCUT2D eigenvalue weighted by molar-refractivity contribution is -0.148. The average molecular weight is 495 g/mol. The summed E-state index contributed by atoms with van der Waals surface area (Å²) in [4.78, 5) is 20.1. The zero-order valence-corrected chi connectivity index (χ0v) is 19.5. The Morgan fingerprint density at radius 1 is 1.00 bits per heavy atom. The molecule has 0 amide bonds. The Kier molecular flexibility index (Phi) is 5.41. The molecule has 0 N–H and O–H groups in total. The summed E-state index contributed by atoms with van der Waals surface area (Å²) in [7, 11) is 0. The third kappa shape index (κ3) is 3.14. The van der Waals surface area contributed by atoms with Crippen LogP contribution in [0.25, 0.3) is 0 Å². The highest BCUT2D eigenvalue weighted by atomic mass is 79.9. The van der Waals surface area contributed by atoms with Gasteiger partial charge in [-0.2, -0.15) is 0 Å². The van der Waals surface area contributed by atoms with E-state index in [-0.39, 0.29) is 24.0 Å². The summed E-state index contributed by atoms with van der Waals surface area (Å²) in [5.74, 6) is -0.105. The van der Waals surface area contributed by atoms with Crippen molar-refractivity contribution in [3.05, 3.63) is 40.4 Å². The Bertz CT molecular complexity index is 855. The molecule has 1 aliphatic carbocycles. The number of fused-ring (bicyclic) bond motifs is 3. The molecule has 4 aliphatic heterocycles. The molecule has 1 aromatic carbocycles. The van der Waals surface area contributed by atoms with E-state index in [9.17, 15) is 4.79 Å². The van der Waals surface area contributed by atoms with Crippen LogP contribution in [0, 0.1) is 0 Å². The second kappa shape index (κ2) is 7.80. The van der Waals surface area contributed by atoms with Gasteiger partial charge in [0.05, 0.1) is 6.04 Å². The number of esters is 1. The summed E-state index contributed by atoms with van der Waals surface area (Å²) in [6, 6.07) is 10.1. The second-order valence-electron chi connectivity index (χ2n) is 9.27. The highest BCUT2D eigenvalue weighted by molar-refractivity contribution is 9.10. The van der Waals surface area contributed by atoms with Crippen molar-refractivity contribution in [2.45, 2.75) is 55.8 Å². The molecule has 1 saturated carbocycles. The van der Waals surface area contributed by atoms with Gasteiger partial charge in [0.2, 0.25) is 0 Å². The molecule has 2 bridgehead atoms. The number of hydrogen-bond donors (Lipinski definition) is 0. The van der Waals surface area contributed by atoms with Gasteiger partial charge in [0.25, 0.3) is 0 Å². The number of halogens is 2. The van der Waals surface area contributed by atoms with Crippen LogP contribution in [0.2, 0.25) is 0 Å². The normalized spacial score (nSPS) is 35.9. The molecular formula is C23H29BrClN3O2. The smallest absolute Gasteiger partial charge is 0.331 e. The van der Waals surface area contributed by atoms with E-state index in [1.807, 2.05) is 6.08 Å². The van der Waals surface area contributed by atoms with E-state index in [0.29, 0.717) is 18.1 Å². The summed E-state index contributed by atoms with van der Waals surface area (Å²) in [5, 5.41) is 0. The number of nitrogens with zero attached hydrogens (tertiary/aromatic N) is 3. The first-order valence-corrected chi connectivity index (χ1v) is 11.9. The Hall–Kier alpha value is -1.08. The molecule has 1 spiro atoms. The lowest BCUT2D eigenvalue weighted by Crippen LogP contribution is -2.57. The Balaban J connectivity index is 0.00000193. The van der Waals surface area contributed by atoms with Crippen LogP contribution in [0.3, 0.4) is 0 Å². The zero-order chi connectivity index (χ0) is 19.6. The molecule has 5 nitrogen and oxygen atoms in total. The topological polar surface area (TPSA) is 36.0 Å². The largest absolute Gasteiger partial charge is 0.450 e. The van der Waals surface area contributed by atoms with E-state index in [2.05, 4.69) is 54.9 Å². The number of rotatable bonds is 2. The van der Waals surface area contributed by atoms with Gasteiger partial charge in [-0.05, 0) is 55.6 Å². The number of benzene rings is 1. The zero-order valence-electron chi connectivity index (χ0n) is 17.1. The molecule has 4 heterocycles. The van der Waals surface area contributed by atoms with Gasteiger partial charge in [-0.1, -0.05) is 22.4 Å². The van der Waals surface area contributed by atoms with Gasteiger partial charge in [-0.15, -0.1) is 12.4 Å². The molecule has 4 atom stereocenters. The maximum Gasteiger partial charge on any atom is 0.331 e. The summed E-state index contributed by atoms with van der Waals surface area (Å²) in [6.07, 6.45) is 7.55. The van der Waals surface area contributed by atoms with E-state index < -0.39 is 0 Å². The lowest BCUT2D eigenvalue weighted by Gasteiger charge is -2.46. The number of carbonyl (C=O) groups is 1. The fourth-order valence-electron chi connectivity index (χ4n) is 6.70. The molecule has 5 aliphatic rings. The monoisotopic (exact) mass is 493 g/mol. The number of anilines is 1. The predicted molar refractivity (Wildman–Crippen MR) is 123 cm³/mol. The van der Waals surface area contributed by atoms with Crippen LogP contribution >= 0.6 is 28.3 Å². The Labute approximate surface area is 192 Å². The molecule has 30 heavy (non-hydrogen) atoms. The summed E-state index contributed by atoms with van der Waals surface area (Å²) in [6.45, 7) is 5.47. The molecule has 7 heteroatoms. The number of hydrogen-bond acceptors (Lipinski definition) is 5. The molecule has 3 saturated heterocycles. The van der Waals surface area contributed by atoms with Crippen molar-refractivity contribution < 1.29 is 9.53 Å². The predicted octanol–water partition coefficient (Wildman–Crippen LogP) is 3.61. The first-order valence-electron chi connectivity index (χ1n) is 11.1. The first kappa shape index (κ1) is 20.8. The third-order valence-electron chi connectivity index (χ3n) is 7.99. The number of ether oxygens (including phenoxy) is 1. The van der Waals surface area contributed by atoms with Crippen molar-refractivity contribution in [2.75, 3.05) is 37.6 Å². The van der Waals surface area contributed by atoms with Gasteiger partial charge < -0.3 is 9.64 Å². The molecular weight excluding hydrogens is 466 g/mol. The van der Waals surface area contributed by atoms with Crippen LogP contribution in [-0.4, -0.2) is 72.2 Å². The summed E-state index contributed by atoms with van der Waals surface area (Å²) in [5.41, 5.74) is 2.30. The lowest BCUT2D eigenvalue weighted by atomic mass is 9.75. The van der Waals surface area contributed by atoms with Crippen molar-refractivity contribution in [2.24, 2.45) is 0 Å². The number of carbonyl (C=O) groups excluding carboxylic acids is 1. The minimum Gasteiger partial charge on any atom is -0.450 e. The molecule has 6 rings (SSSR count). The fraction of sp³-hybridized carbons (Fsp3) is 0.609. The van der Waals surface area contributed by atoms with Crippen molar-refractivity contribution in [3.8, 4) is 0 Å². The number of piperazine rings is 1. The van der Waals surface area contributed by atoms with Gasteiger partial charge in [-0.25, -0.2) is 4.79 Å². The highest BCUT2D eigenvalue weighted by Gasteiger charge is 2.64. The highest BCUT2D eigenvalue weighted by Crippen LogP contribution is 2.54. The van der Waals surface area contributed by atoms with Crippen LogP contribution in [0.5, 0.6) is 0 Å². The van der Waals surface area contributed by atoms with E-state index in [0.717, 1.165) is 50.0 Å². The molecule has 0 aromatic heterocycles. The summed E-state index contributed by atoms with van der Waals surface area (Å²) >= 11 is 3.53. The van der Waals surface area contributed by atoms with Crippen molar-refractivity contribution >= 4 is 40.0 Å². The quantitative estimate of drug-likeness (QED) is 0.587. The fourth-order valence-corrected chi connectivity index (χ4v) is 6.96. The van der Waals surface area contributed by atoms with Crippen LogP contribution in [0.15, 0.2) is 40.4 Å². The minimum atomic E-state index is -0.294. The second-order valence-corrected chi connectivity index (χ2v) is 10.2. The summed E-state index contributed by atoms with van der Waals surface area (Å²) < 4.78 is 7.16. The van der Waals surface area contributed by atoms with E-state index in [1.165, 1.54) is 30.5 Å². The Morgan fingerprint density at radius 3 is 2.53 bits per heavy atom. The van der Waals surface area contributed by atoms with Crippen LogP contribution in [0.1, 0.15) is 32.1 Å². The molecule has 162 valence electrons. The molecule has 1 aromatic rings. The van der Waals surface area contributed by atoms with Gasteiger partial charge in [0, 0.05) is 60.9 Å². The van der Waals surface area contributed by atoms with Gasteiger partial charge in [0.15, 0.2) is 5.60 Å². The van der Waals surface area contributed by atoms with E-state index >= 15 is 0 Å². The van der Waals surface area contributed by atoms with Crippen molar-refractivity contribution in [1.82, 2.24) is 9.80 Å².